The molecule has 5 aliphatic rings. The number of nitrogens with one attached hydrogen (secondary N) is 2. The lowest BCUT2D eigenvalue weighted by atomic mass is 9.46. The molecule has 1 aromatic rings. The van der Waals surface area contributed by atoms with E-state index in [0.29, 0.717) is 30.7 Å². The maximum Gasteiger partial charge on any atom is 0.244 e. The molecule has 10 heteroatoms. The van der Waals surface area contributed by atoms with Crippen molar-refractivity contribution in [3.8, 4) is 0 Å². The number of nitrogens with two attached hydrogens (primary N) is 1. The Kier molecular flexibility index (Phi) is 4.73. The lowest BCUT2D eigenvalue weighted by Gasteiger charge is -2.61. The fraction of sp³-hybridized carbons (Fsp3) is 0.636. The van der Waals surface area contributed by atoms with E-state index in [1.54, 1.807) is 0 Å². The van der Waals surface area contributed by atoms with Gasteiger partial charge in [-0.3, -0.25) is 9.59 Å². The fourth-order valence-corrected chi connectivity index (χ4v) is 8.47. The number of hydrogen-bond donors (Lipinski definition) is 3. The van der Waals surface area contributed by atoms with Crippen molar-refractivity contribution in [1.29, 1.82) is 0 Å². The van der Waals surface area contributed by atoms with Crippen LogP contribution in [0.15, 0.2) is 23.1 Å². The summed E-state index contributed by atoms with van der Waals surface area (Å²) in [5, 5.41) is 3.11. The molecule has 0 radical (unpaired) electrons. The van der Waals surface area contributed by atoms with E-state index in [1.807, 2.05) is 0 Å². The van der Waals surface area contributed by atoms with E-state index in [-0.39, 0.29) is 18.7 Å². The van der Waals surface area contributed by atoms with Crippen molar-refractivity contribution in [3.63, 3.8) is 0 Å². The lowest BCUT2D eigenvalue weighted by molar-refractivity contribution is -0.152. The van der Waals surface area contributed by atoms with E-state index < -0.39 is 49.0 Å². The normalized spacial score (nSPS) is 34.7. The van der Waals surface area contributed by atoms with Gasteiger partial charge in [0, 0.05) is 5.54 Å². The van der Waals surface area contributed by atoms with Gasteiger partial charge in [-0.05, 0) is 87.8 Å². The summed E-state index contributed by atoms with van der Waals surface area (Å²) in [6.07, 6.45) is 5.61. The predicted octanol–water partition coefficient (Wildman–Crippen LogP) is 2.11. The molecule has 5 aliphatic carbocycles. The Hall–Kier alpha value is -2.07. The summed E-state index contributed by atoms with van der Waals surface area (Å²) in [7, 11) is -4.47. The molecule has 5 fully saturated rings. The van der Waals surface area contributed by atoms with Gasteiger partial charge in [0.25, 0.3) is 0 Å². The fourth-order valence-electron chi connectivity index (χ4n) is 6.96. The Morgan fingerprint density at radius 2 is 1.72 bits per heavy atom. The molecule has 0 heterocycles. The van der Waals surface area contributed by atoms with Gasteiger partial charge in [0.1, 0.15) is 22.1 Å². The van der Waals surface area contributed by atoms with E-state index in [0.717, 1.165) is 44.2 Å². The number of carbonyl (C=O) groups is 2. The summed E-state index contributed by atoms with van der Waals surface area (Å²) in [5.41, 5.74) is 3.15. The van der Waals surface area contributed by atoms with Gasteiger partial charge < -0.3 is 11.1 Å². The molecular weight excluding hydrogens is 440 g/mol. The van der Waals surface area contributed by atoms with Crippen LogP contribution in [0.1, 0.15) is 57.8 Å². The topological polar surface area (TPSA) is 118 Å². The Labute approximate surface area is 185 Å². The highest BCUT2D eigenvalue weighted by Crippen LogP contribution is 2.61. The highest BCUT2D eigenvalue weighted by atomic mass is 32.2. The summed E-state index contributed by atoms with van der Waals surface area (Å²) < 4.78 is 55.8. The van der Waals surface area contributed by atoms with E-state index in [4.69, 9.17) is 5.73 Å². The van der Waals surface area contributed by atoms with Crippen molar-refractivity contribution in [3.05, 3.63) is 29.8 Å². The van der Waals surface area contributed by atoms with E-state index >= 15 is 0 Å². The maximum atomic E-state index is 14.1. The number of rotatable bonds is 6. The minimum atomic E-state index is -4.47. The number of benzene rings is 1. The third-order valence-electron chi connectivity index (χ3n) is 8.12. The Morgan fingerprint density at radius 3 is 2.28 bits per heavy atom. The lowest BCUT2D eigenvalue weighted by Crippen LogP contribution is -2.70. The minimum Gasteiger partial charge on any atom is -0.369 e. The summed E-state index contributed by atoms with van der Waals surface area (Å²) >= 11 is 0. The molecule has 0 aliphatic heterocycles. The molecule has 0 saturated heterocycles. The van der Waals surface area contributed by atoms with Crippen LogP contribution < -0.4 is 15.8 Å². The molecule has 32 heavy (non-hydrogen) atoms. The Balaban J connectivity index is 1.40. The van der Waals surface area contributed by atoms with Crippen molar-refractivity contribution >= 4 is 21.8 Å². The molecule has 2 unspecified atom stereocenters. The highest BCUT2D eigenvalue weighted by molar-refractivity contribution is 7.89. The van der Waals surface area contributed by atoms with Gasteiger partial charge in [0.05, 0.1) is 5.41 Å². The number of hydrogen-bond acceptors (Lipinski definition) is 4. The predicted molar refractivity (Wildman–Crippen MR) is 110 cm³/mol. The van der Waals surface area contributed by atoms with E-state index in [9.17, 15) is 26.8 Å². The Morgan fingerprint density at radius 1 is 1.06 bits per heavy atom. The molecule has 6 rings (SSSR count). The molecule has 174 valence electrons. The van der Waals surface area contributed by atoms with E-state index in [2.05, 4.69) is 10.0 Å². The first-order chi connectivity index (χ1) is 15.0. The van der Waals surface area contributed by atoms with Gasteiger partial charge in [-0.25, -0.2) is 17.2 Å². The van der Waals surface area contributed by atoms with Crippen LogP contribution in [0, 0.1) is 28.9 Å². The van der Waals surface area contributed by atoms with Crippen LogP contribution in [-0.4, -0.2) is 31.3 Å². The molecule has 4 N–H and O–H groups in total. The SMILES string of the molecule is NC(=O)C12CC3CC(CC(NC(=O)C4(NS(=O)(=O)c5cc(F)ccc5F)CCC4)(C3)C1)C2. The zero-order valence-corrected chi connectivity index (χ0v) is 18.4. The van der Waals surface area contributed by atoms with Crippen LogP contribution in [0.4, 0.5) is 8.78 Å². The quantitative estimate of drug-likeness (QED) is 0.594. The second kappa shape index (κ2) is 6.96. The number of amides is 2. The average Bonchev–Trinajstić information content (AvgIpc) is 2.65. The number of halogens is 2. The second-order valence-electron chi connectivity index (χ2n) is 10.5. The van der Waals surface area contributed by atoms with Crippen LogP contribution in [0.3, 0.4) is 0 Å². The first kappa shape index (κ1) is 21.8. The molecule has 0 spiro atoms. The number of sulfonamides is 1. The highest BCUT2D eigenvalue weighted by Gasteiger charge is 2.61. The van der Waals surface area contributed by atoms with Crippen molar-refractivity contribution < 1.29 is 26.8 Å². The summed E-state index contributed by atoms with van der Waals surface area (Å²) in [6, 6.07) is 2.19. The summed E-state index contributed by atoms with van der Waals surface area (Å²) in [6.45, 7) is 0. The molecule has 2 amide bonds. The first-order valence-corrected chi connectivity index (χ1v) is 12.6. The van der Waals surface area contributed by atoms with Crippen LogP contribution in [0.25, 0.3) is 0 Å². The third kappa shape index (κ3) is 3.34. The maximum absolute atomic E-state index is 14.1. The summed E-state index contributed by atoms with van der Waals surface area (Å²) in [4.78, 5) is 24.9. The molecule has 2 atom stereocenters. The zero-order valence-electron chi connectivity index (χ0n) is 17.6. The summed E-state index contributed by atoms with van der Waals surface area (Å²) in [5.74, 6) is -2.15. The van der Waals surface area contributed by atoms with Gasteiger partial charge in [0.15, 0.2) is 0 Å². The van der Waals surface area contributed by atoms with Gasteiger partial charge in [-0.1, -0.05) is 0 Å². The zero-order chi connectivity index (χ0) is 22.9. The van der Waals surface area contributed by atoms with E-state index in [1.165, 1.54) is 0 Å². The van der Waals surface area contributed by atoms with Gasteiger partial charge in [-0.2, -0.15) is 4.72 Å². The monoisotopic (exact) mass is 467 g/mol. The number of carbonyl (C=O) groups excluding carboxylic acids is 2. The van der Waals surface area contributed by atoms with Crippen LogP contribution in [0.2, 0.25) is 0 Å². The smallest absolute Gasteiger partial charge is 0.244 e. The average molecular weight is 468 g/mol. The van der Waals surface area contributed by atoms with Gasteiger partial charge in [0.2, 0.25) is 21.8 Å². The van der Waals surface area contributed by atoms with Crippen molar-refractivity contribution in [1.82, 2.24) is 10.0 Å². The molecule has 1 aromatic carbocycles. The van der Waals surface area contributed by atoms with Crippen LogP contribution >= 0.6 is 0 Å². The molecule has 4 bridgehead atoms. The first-order valence-electron chi connectivity index (χ1n) is 11.1. The van der Waals surface area contributed by atoms with Gasteiger partial charge >= 0.3 is 0 Å². The standard InChI is InChI=1S/C22H27F2N3O4S/c23-15-2-3-16(24)17(7-15)32(30,31)27-22(4-1-5-22)19(29)26-21-10-13-6-14(11-21)9-20(8-13,12-21)18(25)28/h2-3,7,13-14,27H,1,4-6,8-12H2,(H2,25,28)(H,26,29). The second-order valence-corrected chi connectivity index (χ2v) is 12.1. The molecule has 0 aromatic heterocycles. The van der Waals surface area contributed by atoms with Crippen LogP contribution in [-0.2, 0) is 19.6 Å². The van der Waals surface area contributed by atoms with Crippen LogP contribution in [0.5, 0.6) is 0 Å². The van der Waals surface area contributed by atoms with Crippen molar-refractivity contribution in [2.45, 2.75) is 73.8 Å². The number of primary amides is 1. The third-order valence-corrected chi connectivity index (χ3v) is 9.67. The minimum absolute atomic E-state index is 0.263. The molecule has 7 nitrogen and oxygen atoms in total. The largest absolute Gasteiger partial charge is 0.369 e. The molecule has 5 saturated carbocycles. The Bertz CT molecular complexity index is 1090. The van der Waals surface area contributed by atoms with Gasteiger partial charge in [-0.15, -0.1) is 0 Å². The van der Waals surface area contributed by atoms with Crippen molar-refractivity contribution in [2.75, 3.05) is 0 Å². The van der Waals surface area contributed by atoms with Crippen molar-refractivity contribution in [2.24, 2.45) is 23.0 Å². The molecular formula is C22H27F2N3O4S.